The minimum atomic E-state index is -1.16. The van der Waals surface area contributed by atoms with Crippen molar-refractivity contribution < 1.29 is 24.2 Å². The van der Waals surface area contributed by atoms with Gasteiger partial charge in [0.25, 0.3) is 5.91 Å². The zero-order chi connectivity index (χ0) is 16.7. The Bertz CT molecular complexity index is 550. The van der Waals surface area contributed by atoms with Gasteiger partial charge in [-0.1, -0.05) is 31.7 Å². The lowest BCUT2D eigenvalue weighted by molar-refractivity contribution is -0.148. The average molecular weight is 321 g/mol. The van der Waals surface area contributed by atoms with Gasteiger partial charge in [-0.05, 0) is 25.0 Å². The Morgan fingerprint density at radius 1 is 1.17 bits per heavy atom. The topological polar surface area (TPSA) is 84.9 Å². The van der Waals surface area contributed by atoms with Gasteiger partial charge in [-0.2, -0.15) is 0 Å². The molecule has 1 aromatic rings. The molecule has 0 unspecified atom stereocenters. The van der Waals surface area contributed by atoms with E-state index in [2.05, 4.69) is 5.32 Å². The van der Waals surface area contributed by atoms with E-state index in [0.29, 0.717) is 24.3 Å². The highest BCUT2D eigenvalue weighted by molar-refractivity contribution is 5.87. The summed E-state index contributed by atoms with van der Waals surface area (Å²) in [5, 5.41) is 12.2. The highest BCUT2D eigenvalue weighted by Gasteiger charge is 2.40. The fraction of sp³-hybridized carbons (Fsp3) is 0.529. The summed E-state index contributed by atoms with van der Waals surface area (Å²) in [6, 6.07) is 6.92. The van der Waals surface area contributed by atoms with Crippen LogP contribution in [0.15, 0.2) is 24.3 Å². The predicted molar refractivity (Wildman–Crippen MR) is 84.7 cm³/mol. The van der Waals surface area contributed by atoms with Gasteiger partial charge in [-0.25, -0.2) is 4.79 Å². The number of carboxylic acids is 1. The van der Waals surface area contributed by atoms with Gasteiger partial charge in [-0.15, -0.1) is 0 Å². The number of carbonyl (C=O) groups excluding carboxylic acids is 1. The molecule has 6 nitrogen and oxygen atoms in total. The molecular formula is C17H23NO5. The summed E-state index contributed by atoms with van der Waals surface area (Å²) in [5.74, 6) is -0.246. The molecule has 1 saturated carbocycles. The van der Waals surface area contributed by atoms with Crippen molar-refractivity contribution in [3.8, 4) is 11.5 Å². The molecule has 2 rings (SSSR count). The average Bonchev–Trinajstić information content (AvgIpc) is 2.80. The Labute approximate surface area is 135 Å². The van der Waals surface area contributed by atoms with E-state index in [9.17, 15) is 14.7 Å². The van der Waals surface area contributed by atoms with E-state index in [4.69, 9.17) is 9.47 Å². The fourth-order valence-corrected chi connectivity index (χ4v) is 2.87. The van der Waals surface area contributed by atoms with Crippen LogP contribution in [0.2, 0.25) is 0 Å². The van der Waals surface area contributed by atoms with Crippen LogP contribution in [-0.4, -0.2) is 36.2 Å². The molecule has 0 aromatic heterocycles. The standard InChI is InChI=1S/C17H23NO5/c1-22-13-7-6-8-14(11-13)23-12-15(19)18-17(16(20)21)9-4-2-3-5-10-17/h6-8,11H,2-5,9-10,12H2,1H3,(H,18,19)(H,20,21). The number of aliphatic carboxylic acids is 1. The second-order valence-corrected chi connectivity index (χ2v) is 5.82. The Hall–Kier alpha value is -2.24. The van der Waals surface area contributed by atoms with E-state index in [1.807, 2.05) is 0 Å². The van der Waals surface area contributed by atoms with Crippen molar-refractivity contribution >= 4 is 11.9 Å². The van der Waals surface area contributed by atoms with Crippen LogP contribution >= 0.6 is 0 Å². The third kappa shape index (κ3) is 4.61. The fourth-order valence-electron chi connectivity index (χ4n) is 2.87. The summed E-state index contributed by atoms with van der Waals surface area (Å²) in [6.45, 7) is -0.220. The van der Waals surface area contributed by atoms with Gasteiger partial charge in [-0.3, -0.25) is 4.79 Å². The molecule has 0 radical (unpaired) electrons. The monoisotopic (exact) mass is 321 g/mol. The van der Waals surface area contributed by atoms with Gasteiger partial charge >= 0.3 is 5.97 Å². The Kier molecular flexibility index (Phi) is 5.84. The smallest absolute Gasteiger partial charge is 0.329 e. The van der Waals surface area contributed by atoms with Gasteiger partial charge < -0.3 is 19.9 Å². The molecule has 0 atom stereocenters. The molecular weight excluding hydrogens is 298 g/mol. The normalized spacial score (nSPS) is 16.9. The van der Waals surface area contributed by atoms with Crippen molar-refractivity contribution in [1.29, 1.82) is 0 Å². The molecule has 23 heavy (non-hydrogen) atoms. The third-order valence-corrected chi connectivity index (χ3v) is 4.16. The van der Waals surface area contributed by atoms with Crippen LogP contribution in [0.25, 0.3) is 0 Å². The van der Waals surface area contributed by atoms with Crippen LogP contribution in [0.5, 0.6) is 11.5 Å². The first-order valence-corrected chi connectivity index (χ1v) is 7.87. The van der Waals surface area contributed by atoms with E-state index < -0.39 is 17.4 Å². The summed E-state index contributed by atoms with van der Waals surface area (Å²) in [5.41, 5.74) is -1.16. The number of benzene rings is 1. The highest BCUT2D eigenvalue weighted by atomic mass is 16.5. The van der Waals surface area contributed by atoms with Crippen molar-refractivity contribution in [3.63, 3.8) is 0 Å². The molecule has 126 valence electrons. The minimum Gasteiger partial charge on any atom is -0.497 e. The lowest BCUT2D eigenvalue weighted by Gasteiger charge is -2.29. The Morgan fingerprint density at radius 3 is 2.43 bits per heavy atom. The van der Waals surface area contributed by atoms with Crippen molar-refractivity contribution in [2.24, 2.45) is 0 Å². The third-order valence-electron chi connectivity index (χ3n) is 4.16. The van der Waals surface area contributed by atoms with Crippen LogP contribution in [0.3, 0.4) is 0 Å². The lowest BCUT2D eigenvalue weighted by atomic mass is 9.90. The second-order valence-electron chi connectivity index (χ2n) is 5.82. The molecule has 1 fully saturated rings. The van der Waals surface area contributed by atoms with E-state index >= 15 is 0 Å². The SMILES string of the molecule is COc1cccc(OCC(=O)NC2(C(=O)O)CCCCCC2)c1. The van der Waals surface area contributed by atoms with Crippen LogP contribution in [0.4, 0.5) is 0 Å². The number of carboxylic acid groups (broad SMARTS) is 1. The summed E-state index contributed by atoms with van der Waals surface area (Å²) in [4.78, 5) is 23.8. The number of hydrogen-bond donors (Lipinski definition) is 2. The predicted octanol–water partition coefficient (Wildman–Crippen LogP) is 2.37. The van der Waals surface area contributed by atoms with Gasteiger partial charge in [0.05, 0.1) is 7.11 Å². The Morgan fingerprint density at radius 2 is 1.83 bits per heavy atom. The molecule has 0 aliphatic heterocycles. The van der Waals surface area contributed by atoms with Crippen LogP contribution in [0, 0.1) is 0 Å². The molecule has 1 aliphatic carbocycles. The maximum Gasteiger partial charge on any atom is 0.329 e. The van der Waals surface area contributed by atoms with Crippen LogP contribution in [-0.2, 0) is 9.59 Å². The maximum absolute atomic E-state index is 12.1. The van der Waals surface area contributed by atoms with Gasteiger partial charge in [0.1, 0.15) is 17.0 Å². The van der Waals surface area contributed by atoms with Crippen molar-refractivity contribution in [1.82, 2.24) is 5.32 Å². The number of rotatable bonds is 6. The molecule has 0 bridgehead atoms. The van der Waals surface area contributed by atoms with Gasteiger partial charge in [0.2, 0.25) is 0 Å². The first-order valence-electron chi connectivity index (χ1n) is 7.87. The van der Waals surface area contributed by atoms with Gasteiger partial charge in [0.15, 0.2) is 6.61 Å². The van der Waals surface area contributed by atoms with E-state index in [-0.39, 0.29) is 6.61 Å². The van der Waals surface area contributed by atoms with Crippen LogP contribution < -0.4 is 14.8 Å². The number of nitrogens with one attached hydrogen (secondary N) is 1. The van der Waals surface area contributed by atoms with Crippen molar-refractivity contribution in [3.05, 3.63) is 24.3 Å². The zero-order valence-corrected chi connectivity index (χ0v) is 13.3. The lowest BCUT2D eigenvalue weighted by Crippen LogP contribution is -2.55. The number of amides is 1. The zero-order valence-electron chi connectivity index (χ0n) is 13.3. The quantitative estimate of drug-likeness (QED) is 0.786. The summed E-state index contributed by atoms with van der Waals surface area (Å²) in [7, 11) is 1.55. The molecule has 6 heteroatoms. The number of hydrogen-bond acceptors (Lipinski definition) is 4. The first-order chi connectivity index (χ1) is 11.1. The van der Waals surface area contributed by atoms with Crippen molar-refractivity contribution in [2.75, 3.05) is 13.7 Å². The molecule has 1 amide bonds. The molecule has 0 spiro atoms. The molecule has 1 aliphatic rings. The summed E-state index contributed by atoms with van der Waals surface area (Å²) < 4.78 is 10.5. The molecule has 1 aromatic carbocycles. The largest absolute Gasteiger partial charge is 0.497 e. The van der Waals surface area contributed by atoms with E-state index in [1.165, 1.54) is 0 Å². The minimum absolute atomic E-state index is 0.220. The molecule has 0 heterocycles. The summed E-state index contributed by atoms with van der Waals surface area (Å²) in [6.07, 6.45) is 4.56. The molecule has 2 N–H and O–H groups in total. The highest BCUT2D eigenvalue weighted by Crippen LogP contribution is 2.27. The number of ether oxygens (including phenoxy) is 2. The van der Waals surface area contributed by atoms with E-state index in [0.717, 1.165) is 25.7 Å². The van der Waals surface area contributed by atoms with Crippen molar-refractivity contribution in [2.45, 2.75) is 44.1 Å². The molecule has 0 saturated heterocycles. The van der Waals surface area contributed by atoms with Gasteiger partial charge in [0, 0.05) is 6.07 Å². The first kappa shape index (κ1) is 17.1. The van der Waals surface area contributed by atoms with E-state index in [1.54, 1.807) is 31.4 Å². The maximum atomic E-state index is 12.1. The number of methoxy groups -OCH3 is 1. The second kappa shape index (κ2) is 7.85. The van der Waals surface area contributed by atoms with Crippen LogP contribution in [0.1, 0.15) is 38.5 Å². The Balaban J connectivity index is 1.95. The number of carbonyl (C=O) groups is 2. The summed E-state index contributed by atoms with van der Waals surface area (Å²) >= 11 is 0.